The lowest BCUT2D eigenvalue weighted by Gasteiger charge is -2.27. The molecule has 32 heavy (non-hydrogen) atoms. The van der Waals surface area contributed by atoms with Crippen LogP contribution < -0.4 is 14.9 Å². The highest BCUT2D eigenvalue weighted by atomic mass is 35.5. The zero-order chi connectivity index (χ0) is 22.8. The van der Waals surface area contributed by atoms with Crippen LogP contribution in [-0.4, -0.2) is 50.0 Å². The Morgan fingerprint density at radius 1 is 1.19 bits per heavy atom. The van der Waals surface area contributed by atoms with Crippen molar-refractivity contribution in [3.63, 3.8) is 0 Å². The van der Waals surface area contributed by atoms with Crippen molar-refractivity contribution >= 4 is 22.6 Å². The summed E-state index contributed by atoms with van der Waals surface area (Å²) in [6, 6.07) is 10.3. The second-order valence-corrected chi connectivity index (χ2v) is 8.44. The van der Waals surface area contributed by atoms with Crippen LogP contribution in [0.1, 0.15) is 31.2 Å². The van der Waals surface area contributed by atoms with Crippen LogP contribution in [-0.2, 0) is 0 Å². The summed E-state index contributed by atoms with van der Waals surface area (Å²) in [4.78, 5) is 15.6. The first-order chi connectivity index (χ1) is 15.5. The van der Waals surface area contributed by atoms with E-state index in [0.717, 1.165) is 31.5 Å². The van der Waals surface area contributed by atoms with E-state index < -0.39 is 0 Å². The van der Waals surface area contributed by atoms with Crippen molar-refractivity contribution in [3.8, 4) is 22.8 Å². The normalized spacial score (nSPS) is 18.9. The number of hydrogen-bond donors (Lipinski definition) is 1. The summed E-state index contributed by atoms with van der Waals surface area (Å²) in [5, 5.41) is 11.1. The number of benzene rings is 2. The van der Waals surface area contributed by atoms with Crippen molar-refractivity contribution in [2.24, 2.45) is 0 Å². The van der Waals surface area contributed by atoms with Crippen molar-refractivity contribution in [3.05, 3.63) is 57.2 Å². The van der Waals surface area contributed by atoms with Crippen molar-refractivity contribution in [2.45, 2.75) is 31.7 Å². The zero-order valence-corrected chi connectivity index (χ0v) is 19.3. The molecule has 0 radical (unpaired) electrons. The Kier molecular flexibility index (Phi) is 6.74. The first-order valence-corrected chi connectivity index (χ1v) is 11.2. The van der Waals surface area contributed by atoms with Crippen LogP contribution in [0.4, 0.5) is 0 Å². The zero-order valence-electron chi connectivity index (χ0n) is 18.6. The molecule has 0 amide bonds. The second-order valence-electron chi connectivity index (χ2n) is 8.03. The predicted octanol–water partition coefficient (Wildman–Crippen LogP) is 4.69. The maximum Gasteiger partial charge on any atom is 0.197 e. The van der Waals surface area contributed by atoms with E-state index in [1.54, 1.807) is 19.2 Å². The van der Waals surface area contributed by atoms with Crippen LogP contribution in [0.3, 0.4) is 0 Å². The summed E-state index contributed by atoms with van der Waals surface area (Å²) in [5.74, 6) is 1.30. The lowest BCUT2D eigenvalue weighted by molar-refractivity contribution is 0.150. The molecule has 3 aromatic rings. The molecule has 6 nitrogen and oxygen atoms in total. The van der Waals surface area contributed by atoms with Gasteiger partial charge in [0.25, 0.3) is 0 Å². The molecule has 0 bridgehead atoms. The molecule has 1 N–H and O–H groups in total. The highest BCUT2D eigenvalue weighted by molar-refractivity contribution is 6.33. The predicted molar refractivity (Wildman–Crippen MR) is 126 cm³/mol. The Balaban J connectivity index is 2.01. The molecule has 4 rings (SSSR count). The van der Waals surface area contributed by atoms with Crippen molar-refractivity contribution < 1.29 is 19.0 Å². The summed E-state index contributed by atoms with van der Waals surface area (Å²) in [6.45, 7) is 3.89. The van der Waals surface area contributed by atoms with Crippen molar-refractivity contribution in [1.29, 1.82) is 0 Å². The Bertz CT molecular complexity index is 1170. The number of fused-ring (bicyclic) bond motifs is 1. The lowest BCUT2D eigenvalue weighted by atomic mass is 9.89. The fourth-order valence-corrected chi connectivity index (χ4v) is 5.06. The number of aliphatic hydroxyl groups is 1. The van der Waals surface area contributed by atoms with Gasteiger partial charge < -0.3 is 19.0 Å². The summed E-state index contributed by atoms with van der Waals surface area (Å²) >= 11 is 6.39. The van der Waals surface area contributed by atoms with Crippen molar-refractivity contribution in [2.75, 3.05) is 33.9 Å². The van der Waals surface area contributed by atoms with Gasteiger partial charge >= 0.3 is 0 Å². The van der Waals surface area contributed by atoms with Gasteiger partial charge in [-0.3, -0.25) is 9.69 Å². The van der Waals surface area contributed by atoms with E-state index in [1.807, 2.05) is 18.2 Å². The quantitative estimate of drug-likeness (QED) is 0.555. The molecule has 0 saturated carbocycles. The fraction of sp³-hybridized carbons (Fsp3) is 0.400. The molecule has 1 aliphatic rings. The molecule has 1 aliphatic heterocycles. The molecule has 2 heterocycles. The van der Waals surface area contributed by atoms with Crippen LogP contribution in [0.5, 0.6) is 11.5 Å². The monoisotopic (exact) mass is 457 g/mol. The van der Waals surface area contributed by atoms with E-state index in [0.29, 0.717) is 38.8 Å². The molecule has 7 heteroatoms. The van der Waals surface area contributed by atoms with Gasteiger partial charge in [0.05, 0.1) is 25.8 Å². The highest BCUT2D eigenvalue weighted by Gasteiger charge is 2.38. The number of nitrogens with zero attached hydrogens (tertiary/aromatic N) is 1. The van der Waals surface area contributed by atoms with Crippen LogP contribution in [0.2, 0.25) is 5.02 Å². The molecule has 170 valence electrons. The largest absolute Gasteiger partial charge is 0.496 e. The summed E-state index contributed by atoms with van der Waals surface area (Å²) in [7, 11) is 3.11. The number of rotatable bonds is 7. The number of likely N-dealkylation sites (tertiary alicyclic amines) is 1. The van der Waals surface area contributed by atoms with Crippen LogP contribution in [0.25, 0.3) is 22.3 Å². The van der Waals surface area contributed by atoms with Gasteiger partial charge in [-0.2, -0.15) is 0 Å². The van der Waals surface area contributed by atoms with Crippen LogP contribution in [0, 0.1) is 0 Å². The summed E-state index contributed by atoms with van der Waals surface area (Å²) in [5.41, 5.74) is 1.63. The Morgan fingerprint density at radius 2 is 1.94 bits per heavy atom. The molecule has 0 unspecified atom stereocenters. The first-order valence-electron chi connectivity index (χ1n) is 10.9. The molecule has 1 fully saturated rings. The third-order valence-corrected chi connectivity index (χ3v) is 6.60. The maximum atomic E-state index is 13.3. The minimum Gasteiger partial charge on any atom is -0.496 e. The summed E-state index contributed by atoms with van der Waals surface area (Å²) < 4.78 is 17.6. The Labute approximate surface area is 192 Å². The van der Waals surface area contributed by atoms with Gasteiger partial charge in [0.1, 0.15) is 28.2 Å². The van der Waals surface area contributed by atoms with Gasteiger partial charge in [-0.25, -0.2) is 0 Å². The number of methoxy groups -OCH3 is 2. The van der Waals surface area contributed by atoms with E-state index in [4.69, 9.17) is 25.5 Å². The summed E-state index contributed by atoms with van der Waals surface area (Å²) in [6.07, 6.45) is 1.82. The number of halogens is 1. The maximum absolute atomic E-state index is 13.3. The van der Waals surface area contributed by atoms with Crippen molar-refractivity contribution in [1.82, 2.24) is 4.90 Å². The number of aliphatic hydroxyl groups excluding tert-OH is 1. The molecule has 2 atom stereocenters. The van der Waals surface area contributed by atoms with Crippen LogP contribution in [0.15, 0.2) is 45.6 Å². The van der Waals surface area contributed by atoms with E-state index in [-0.39, 0.29) is 24.0 Å². The number of hydrogen-bond acceptors (Lipinski definition) is 6. The minimum absolute atomic E-state index is 0.00970. The molecular formula is C25H28ClNO5. The lowest BCUT2D eigenvalue weighted by Crippen LogP contribution is -2.35. The second kappa shape index (κ2) is 9.53. The van der Waals surface area contributed by atoms with Gasteiger partial charge in [0.2, 0.25) is 0 Å². The van der Waals surface area contributed by atoms with E-state index >= 15 is 0 Å². The van der Waals surface area contributed by atoms with Gasteiger partial charge in [0, 0.05) is 35.2 Å². The minimum atomic E-state index is -0.217. The Morgan fingerprint density at radius 3 is 2.59 bits per heavy atom. The topological polar surface area (TPSA) is 72.1 Å². The molecule has 1 saturated heterocycles. The SMILES string of the molecule is CCCN1CC[C@@H](c2c(OC)cc(OC)c3c(=O)cc(-c4ccccc4Cl)oc23)[C@@H]1CO. The standard InChI is InChI=1S/C25H28ClNO5/c1-4-10-27-11-9-16(18(27)14-28)23-21(30-2)13-22(31-3)24-19(29)12-20(32-25(23)24)15-7-5-6-8-17(15)26/h5-8,12-13,16,18,28H,4,9-11,14H2,1-3H3/t16-,18+/m1/s1. The fourth-order valence-electron chi connectivity index (χ4n) is 4.83. The van der Waals surface area contributed by atoms with E-state index in [9.17, 15) is 9.90 Å². The third-order valence-electron chi connectivity index (χ3n) is 6.27. The van der Waals surface area contributed by atoms with Gasteiger partial charge in [0.15, 0.2) is 5.43 Å². The highest BCUT2D eigenvalue weighted by Crippen LogP contribution is 2.45. The number of ether oxygens (including phenoxy) is 2. The average molecular weight is 458 g/mol. The molecule has 2 aromatic carbocycles. The Hall–Kier alpha value is -2.54. The van der Waals surface area contributed by atoms with E-state index in [2.05, 4.69) is 11.8 Å². The smallest absolute Gasteiger partial charge is 0.197 e. The molecular weight excluding hydrogens is 430 g/mol. The average Bonchev–Trinajstić information content (AvgIpc) is 3.20. The van der Waals surface area contributed by atoms with Gasteiger partial charge in [-0.15, -0.1) is 0 Å². The molecule has 0 spiro atoms. The molecule has 1 aromatic heterocycles. The van der Waals surface area contributed by atoms with E-state index in [1.165, 1.54) is 13.2 Å². The molecule has 0 aliphatic carbocycles. The van der Waals surface area contributed by atoms with Crippen LogP contribution >= 0.6 is 11.6 Å². The van der Waals surface area contributed by atoms with Gasteiger partial charge in [-0.05, 0) is 38.1 Å². The third kappa shape index (κ3) is 3.87. The first kappa shape index (κ1) is 22.6. The van der Waals surface area contributed by atoms with Gasteiger partial charge in [-0.1, -0.05) is 30.7 Å².